The van der Waals surface area contributed by atoms with Crippen molar-refractivity contribution in [3.8, 4) is 11.1 Å². The summed E-state index contributed by atoms with van der Waals surface area (Å²) < 4.78 is 0. The average molecular weight is 387 g/mol. The Morgan fingerprint density at radius 2 is 1.38 bits per heavy atom. The van der Waals surface area contributed by atoms with Gasteiger partial charge in [-0.1, -0.05) is 54.6 Å². The van der Waals surface area contributed by atoms with Crippen LogP contribution in [-0.4, -0.2) is 24.3 Å². The molecule has 0 aliphatic carbocycles. The Kier molecular flexibility index (Phi) is 6.37. The maximum absolute atomic E-state index is 12.3. The van der Waals surface area contributed by atoms with E-state index < -0.39 is 11.8 Å². The summed E-state index contributed by atoms with van der Waals surface area (Å²) in [4.78, 5) is 34.9. The zero-order valence-electron chi connectivity index (χ0n) is 15.7. The van der Waals surface area contributed by atoms with Gasteiger partial charge in [0.25, 0.3) is 5.91 Å². The number of rotatable bonds is 7. The van der Waals surface area contributed by atoms with Crippen molar-refractivity contribution >= 4 is 23.4 Å². The first kappa shape index (κ1) is 19.8. The van der Waals surface area contributed by atoms with Crippen LogP contribution in [0.25, 0.3) is 11.1 Å². The van der Waals surface area contributed by atoms with Crippen molar-refractivity contribution in [3.63, 3.8) is 0 Å². The van der Waals surface area contributed by atoms with E-state index in [9.17, 15) is 14.4 Å². The molecule has 29 heavy (non-hydrogen) atoms. The van der Waals surface area contributed by atoms with Crippen LogP contribution in [0.1, 0.15) is 15.9 Å². The molecule has 3 aromatic carbocycles. The fraction of sp³-hybridized carbons (Fsp3) is 0.0870. The summed E-state index contributed by atoms with van der Waals surface area (Å²) in [7, 11) is 0. The minimum atomic E-state index is -0.612. The van der Waals surface area contributed by atoms with Gasteiger partial charge in [-0.2, -0.15) is 0 Å². The highest BCUT2D eigenvalue weighted by molar-refractivity contribution is 5.97. The molecule has 0 radical (unpaired) electrons. The van der Waals surface area contributed by atoms with Gasteiger partial charge in [-0.3, -0.25) is 14.4 Å². The van der Waals surface area contributed by atoms with Crippen molar-refractivity contribution in [1.82, 2.24) is 5.32 Å². The van der Waals surface area contributed by atoms with E-state index in [0.717, 1.165) is 16.7 Å². The lowest BCUT2D eigenvalue weighted by Crippen LogP contribution is -2.33. The second-order valence-corrected chi connectivity index (χ2v) is 6.51. The number of carbonyl (C=O) groups excluding carboxylic acids is 3. The van der Waals surface area contributed by atoms with Gasteiger partial charge >= 0.3 is 0 Å². The summed E-state index contributed by atoms with van der Waals surface area (Å²) >= 11 is 0. The van der Waals surface area contributed by atoms with Crippen LogP contribution in [0.4, 0.5) is 5.69 Å². The summed E-state index contributed by atoms with van der Waals surface area (Å²) in [6.45, 7) is -0.222. The van der Waals surface area contributed by atoms with Crippen LogP contribution in [0.3, 0.4) is 0 Å². The van der Waals surface area contributed by atoms with E-state index in [1.54, 1.807) is 24.3 Å². The molecular formula is C23H21N3O3. The van der Waals surface area contributed by atoms with Gasteiger partial charge in [-0.15, -0.1) is 0 Å². The lowest BCUT2D eigenvalue weighted by Gasteiger charge is -2.08. The second kappa shape index (κ2) is 9.32. The molecule has 0 saturated heterocycles. The molecule has 0 fully saturated rings. The summed E-state index contributed by atoms with van der Waals surface area (Å²) in [6, 6.07) is 24.3. The Hall–Kier alpha value is -3.93. The van der Waals surface area contributed by atoms with E-state index in [2.05, 4.69) is 10.6 Å². The summed E-state index contributed by atoms with van der Waals surface area (Å²) in [5.41, 5.74) is 9.09. The van der Waals surface area contributed by atoms with E-state index in [-0.39, 0.29) is 18.9 Å². The van der Waals surface area contributed by atoms with Gasteiger partial charge in [0.05, 0.1) is 13.0 Å². The number of hydrogen-bond acceptors (Lipinski definition) is 3. The minimum absolute atomic E-state index is 0.150. The number of hydrogen-bond donors (Lipinski definition) is 3. The molecule has 3 rings (SSSR count). The first-order valence-electron chi connectivity index (χ1n) is 9.12. The number of nitrogens with one attached hydrogen (secondary N) is 2. The Morgan fingerprint density at radius 1 is 0.759 bits per heavy atom. The molecular weight excluding hydrogens is 366 g/mol. The van der Waals surface area contributed by atoms with E-state index in [1.807, 2.05) is 54.6 Å². The number of benzene rings is 3. The number of anilines is 1. The highest BCUT2D eigenvalue weighted by atomic mass is 16.2. The fourth-order valence-corrected chi connectivity index (χ4v) is 2.81. The number of nitrogens with two attached hydrogens (primary N) is 1. The van der Waals surface area contributed by atoms with Crippen LogP contribution < -0.4 is 16.4 Å². The van der Waals surface area contributed by atoms with Gasteiger partial charge in [-0.25, -0.2) is 0 Å². The molecule has 0 aromatic heterocycles. The normalized spacial score (nSPS) is 10.2. The van der Waals surface area contributed by atoms with E-state index in [1.165, 1.54) is 0 Å². The lowest BCUT2D eigenvalue weighted by atomic mass is 10.0. The predicted octanol–water partition coefficient (Wildman–Crippen LogP) is 2.75. The third-order valence-corrected chi connectivity index (χ3v) is 4.28. The third-order valence-electron chi connectivity index (χ3n) is 4.28. The third kappa shape index (κ3) is 5.77. The predicted molar refractivity (Wildman–Crippen MR) is 112 cm³/mol. The largest absolute Gasteiger partial charge is 0.368 e. The lowest BCUT2D eigenvalue weighted by molar-refractivity contribution is -0.117. The van der Waals surface area contributed by atoms with Crippen molar-refractivity contribution in [2.45, 2.75) is 6.42 Å². The van der Waals surface area contributed by atoms with Gasteiger partial charge in [0.15, 0.2) is 0 Å². The van der Waals surface area contributed by atoms with Gasteiger partial charge in [0.1, 0.15) is 0 Å². The average Bonchev–Trinajstić information content (AvgIpc) is 2.73. The summed E-state index contributed by atoms with van der Waals surface area (Å²) in [6.07, 6.45) is 0.246. The monoisotopic (exact) mass is 387 g/mol. The minimum Gasteiger partial charge on any atom is -0.368 e. The molecule has 3 amide bonds. The molecule has 0 unspecified atom stereocenters. The highest BCUT2D eigenvalue weighted by Gasteiger charge is 2.08. The van der Waals surface area contributed by atoms with Gasteiger partial charge in [0.2, 0.25) is 11.8 Å². The molecule has 0 heterocycles. The number of primary amides is 1. The molecule has 0 saturated carbocycles. The van der Waals surface area contributed by atoms with Crippen molar-refractivity contribution in [1.29, 1.82) is 0 Å². The van der Waals surface area contributed by atoms with E-state index >= 15 is 0 Å². The SMILES string of the molecule is NC(=O)CNC(=O)c1ccc(NC(=O)Cc2ccc(-c3ccccc3)cc2)cc1. The molecule has 0 aliphatic rings. The fourth-order valence-electron chi connectivity index (χ4n) is 2.81. The van der Waals surface area contributed by atoms with Crippen LogP contribution in [0.15, 0.2) is 78.9 Å². The quantitative estimate of drug-likeness (QED) is 0.581. The van der Waals surface area contributed by atoms with E-state index in [4.69, 9.17) is 5.73 Å². The Morgan fingerprint density at radius 3 is 2.00 bits per heavy atom. The van der Waals surface area contributed by atoms with Crippen molar-refractivity contribution in [3.05, 3.63) is 90.0 Å². The molecule has 4 N–H and O–H groups in total. The maximum atomic E-state index is 12.3. The van der Waals surface area contributed by atoms with Gasteiger partial charge in [-0.05, 0) is 41.0 Å². The summed E-state index contributed by atoms with van der Waals surface area (Å²) in [5.74, 6) is -1.16. The Balaban J connectivity index is 1.55. The zero-order valence-corrected chi connectivity index (χ0v) is 15.7. The topological polar surface area (TPSA) is 101 Å². The van der Waals surface area contributed by atoms with E-state index in [0.29, 0.717) is 11.3 Å². The molecule has 6 heteroatoms. The number of amides is 3. The summed E-state index contributed by atoms with van der Waals surface area (Å²) in [5, 5.41) is 5.22. The van der Waals surface area contributed by atoms with Crippen molar-refractivity contribution in [2.24, 2.45) is 5.73 Å². The molecule has 3 aromatic rings. The first-order chi connectivity index (χ1) is 14.0. The molecule has 146 valence electrons. The van der Waals surface area contributed by atoms with Crippen molar-refractivity contribution in [2.75, 3.05) is 11.9 Å². The van der Waals surface area contributed by atoms with Crippen LogP contribution in [0.2, 0.25) is 0 Å². The molecule has 0 bridgehead atoms. The number of carbonyl (C=O) groups is 3. The van der Waals surface area contributed by atoms with Crippen LogP contribution in [-0.2, 0) is 16.0 Å². The molecule has 6 nitrogen and oxygen atoms in total. The molecule has 0 aliphatic heterocycles. The smallest absolute Gasteiger partial charge is 0.251 e. The molecule has 0 spiro atoms. The standard InChI is InChI=1S/C23H21N3O3/c24-21(27)15-25-23(29)19-10-12-20(13-11-19)26-22(28)14-16-6-8-18(9-7-16)17-4-2-1-3-5-17/h1-13H,14-15H2,(H2,24,27)(H,25,29)(H,26,28). The Bertz CT molecular complexity index is 998. The van der Waals surface area contributed by atoms with Gasteiger partial charge < -0.3 is 16.4 Å². The van der Waals surface area contributed by atoms with Crippen LogP contribution in [0.5, 0.6) is 0 Å². The van der Waals surface area contributed by atoms with Crippen LogP contribution in [0, 0.1) is 0 Å². The van der Waals surface area contributed by atoms with Gasteiger partial charge in [0, 0.05) is 11.3 Å². The first-order valence-corrected chi connectivity index (χ1v) is 9.12. The zero-order chi connectivity index (χ0) is 20.6. The molecule has 0 atom stereocenters. The Labute approximate surface area is 168 Å². The maximum Gasteiger partial charge on any atom is 0.251 e. The van der Waals surface area contributed by atoms with Crippen molar-refractivity contribution < 1.29 is 14.4 Å². The van der Waals surface area contributed by atoms with Crippen LogP contribution >= 0.6 is 0 Å². The second-order valence-electron chi connectivity index (χ2n) is 6.51. The highest BCUT2D eigenvalue weighted by Crippen LogP contribution is 2.19.